The lowest BCUT2D eigenvalue weighted by Crippen LogP contribution is -2.14. The molecule has 1 saturated carbocycles. The minimum atomic E-state index is 0.0145. The fourth-order valence-electron chi connectivity index (χ4n) is 2.50. The molecule has 1 aromatic heterocycles. The second-order valence-corrected chi connectivity index (χ2v) is 5.53. The molecule has 1 aliphatic carbocycles. The smallest absolute Gasteiger partial charge is 0.251 e. The molecule has 2 rings (SSSR count). The zero-order valence-corrected chi connectivity index (χ0v) is 10.8. The maximum Gasteiger partial charge on any atom is 0.251 e. The molecule has 1 N–H and O–H groups in total. The average Bonchev–Trinajstić information content (AvgIpc) is 2.79. The molecule has 0 aliphatic heterocycles. The van der Waals surface area contributed by atoms with E-state index in [2.05, 4.69) is 23.8 Å². The highest BCUT2D eigenvalue weighted by Crippen LogP contribution is 2.32. The van der Waals surface area contributed by atoms with Gasteiger partial charge in [0, 0.05) is 18.4 Å². The van der Waals surface area contributed by atoms with E-state index in [0.717, 1.165) is 24.4 Å². The van der Waals surface area contributed by atoms with Crippen molar-refractivity contribution in [1.82, 2.24) is 9.97 Å². The van der Waals surface area contributed by atoms with Crippen molar-refractivity contribution in [2.24, 2.45) is 5.92 Å². The summed E-state index contributed by atoms with van der Waals surface area (Å²) in [4.78, 5) is 19.1. The predicted molar refractivity (Wildman–Crippen MR) is 69.2 cm³/mol. The summed E-state index contributed by atoms with van der Waals surface area (Å²) in [7, 11) is 0. The molecule has 0 spiro atoms. The highest BCUT2D eigenvalue weighted by molar-refractivity contribution is 5.10. The lowest BCUT2D eigenvalue weighted by Gasteiger charge is -2.10. The minimum absolute atomic E-state index is 0.0145. The third kappa shape index (κ3) is 3.42. The van der Waals surface area contributed by atoms with Gasteiger partial charge in [-0.1, -0.05) is 26.7 Å². The third-order valence-electron chi connectivity index (χ3n) is 3.54. The highest BCUT2D eigenvalue weighted by atomic mass is 16.1. The Morgan fingerprint density at radius 3 is 2.76 bits per heavy atom. The number of hydrogen-bond acceptors (Lipinski definition) is 2. The van der Waals surface area contributed by atoms with E-state index in [9.17, 15) is 4.79 Å². The van der Waals surface area contributed by atoms with Crippen molar-refractivity contribution < 1.29 is 0 Å². The molecule has 0 atom stereocenters. The lowest BCUT2D eigenvalue weighted by molar-refractivity contribution is 0.569. The van der Waals surface area contributed by atoms with E-state index in [1.807, 2.05) is 0 Å². The molecule has 0 radical (unpaired) electrons. The van der Waals surface area contributed by atoms with Crippen molar-refractivity contribution in [3.05, 3.63) is 27.9 Å². The number of aryl methyl sites for hydroxylation is 1. The summed E-state index contributed by atoms with van der Waals surface area (Å²) in [6.07, 6.45) is 6.91. The first kappa shape index (κ1) is 12.3. The van der Waals surface area contributed by atoms with Gasteiger partial charge in [0.1, 0.15) is 5.82 Å². The van der Waals surface area contributed by atoms with Crippen LogP contribution in [0.5, 0.6) is 0 Å². The van der Waals surface area contributed by atoms with E-state index in [0.29, 0.717) is 11.8 Å². The molecule has 17 heavy (non-hydrogen) atoms. The van der Waals surface area contributed by atoms with Gasteiger partial charge >= 0.3 is 0 Å². The van der Waals surface area contributed by atoms with Crippen molar-refractivity contribution in [2.45, 2.75) is 58.3 Å². The first-order chi connectivity index (χ1) is 8.15. The Kier molecular flexibility index (Phi) is 3.97. The Morgan fingerprint density at radius 2 is 2.12 bits per heavy atom. The van der Waals surface area contributed by atoms with Crippen LogP contribution < -0.4 is 5.56 Å². The number of aromatic amines is 1. The van der Waals surface area contributed by atoms with Crippen molar-refractivity contribution in [3.63, 3.8) is 0 Å². The van der Waals surface area contributed by atoms with Crippen LogP contribution in [0.15, 0.2) is 10.9 Å². The summed E-state index contributed by atoms with van der Waals surface area (Å²) < 4.78 is 0. The molecule has 0 bridgehead atoms. The van der Waals surface area contributed by atoms with Gasteiger partial charge in [0.05, 0.1) is 5.69 Å². The van der Waals surface area contributed by atoms with Gasteiger partial charge in [0.15, 0.2) is 0 Å². The normalized spacial score (nSPS) is 16.9. The van der Waals surface area contributed by atoms with Gasteiger partial charge in [0.2, 0.25) is 0 Å². The molecule has 1 aromatic rings. The number of H-pyrrole nitrogens is 1. The third-order valence-corrected chi connectivity index (χ3v) is 3.54. The van der Waals surface area contributed by atoms with Crippen LogP contribution in [0.3, 0.4) is 0 Å². The van der Waals surface area contributed by atoms with E-state index < -0.39 is 0 Å². The van der Waals surface area contributed by atoms with Crippen LogP contribution in [-0.4, -0.2) is 9.97 Å². The van der Waals surface area contributed by atoms with Crippen LogP contribution in [-0.2, 0) is 6.42 Å². The molecule has 1 aliphatic rings. The maximum atomic E-state index is 11.6. The standard InChI is InChI=1S/C14H22N2O/c1-10(2)7-8-13-15-12(9-14(17)16-13)11-5-3-4-6-11/h9-11H,3-8H2,1-2H3,(H,15,16,17). The lowest BCUT2D eigenvalue weighted by atomic mass is 10.0. The molecular formula is C14H22N2O. The van der Waals surface area contributed by atoms with Crippen LogP contribution in [0, 0.1) is 5.92 Å². The maximum absolute atomic E-state index is 11.6. The SMILES string of the molecule is CC(C)CCc1nc(C2CCCC2)cc(=O)[nH]1. The largest absolute Gasteiger partial charge is 0.311 e. The molecule has 1 fully saturated rings. The zero-order chi connectivity index (χ0) is 12.3. The fraction of sp³-hybridized carbons (Fsp3) is 0.714. The number of aromatic nitrogens is 2. The van der Waals surface area contributed by atoms with E-state index in [1.165, 1.54) is 25.7 Å². The molecule has 0 aromatic carbocycles. The Morgan fingerprint density at radius 1 is 1.41 bits per heavy atom. The van der Waals surface area contributed by atoms with E-state index in [1.54, 1.807) is 6.07 Å². The minimum Gasteiger partial charge on any atom is -0.311 e. The molecule has 0 unspecified atom stereocenters. The number of rotatable bonds is 4. The molecule has 0 amide bonds. The monoisotopic (exact) mass is 234 g/mol. The van der Waals surface area contributed by atoms with Gasteiger partial charge < -0.3 is 4.98 Å². The Hall–Kier alpha value is -1.12. The van der Waals surface area contributed by atoms with Gasteiger partial charge in [0.25, 0.3) is 5.56 Å². The number of nitrogens with one attached hydrogen (secondary N) is 1. The summed E-state index contributed by atoms with van der Waals surface area (Å²) in [5.41, 5.74) is 1.03. The van der Waals surface area contributed by atoms with E-state index >= 15 is 0 Å². The van der Waals surface area contributed by atoms with Crippen molar-refractivity contribution in [2.75, 3.05) is 0 Å². The molecular weight excluding hydrogens is 212 g/mol. The van der Waals surface area contributed by atoms with Gasteiger partial charge in [-0.25, -0.2) is 4.98 Å². The molecule has 0 saturated heterocycles. The average molecular weight is 234 g/mol. The van der Waals surface area contributed by atoms with Crippen molar-refractivity contribution in [3.8, 4) is 0 Å². The van der Waals surface area contributed by atoms with E-state index in [-0.39, 0.29) is 5.56 Å². The first-order valence-corrected chi connectivity index (χ1v) is 6.75. The highest BCUT2D eigenvalue weighted by Gasteiger charge is 2.19. The molecule has 3 heteroatoms. The van der Waals surface area contributed by atoms with Crippen molar-refractivity contribution >= 4 is 0 Å². The molecule has 94 valence electrons. The summed E-state index contributed by atoms with van der Waals surface area (Å²) in [6, 6.07) is 1.69. The van der Waals surface area contributed by atoms with Crippen LogP contribution in [0.25, 0.3) is 0 Å². The van der Waals surface area contributed by atoms with Crippen LogP contribution in [0.1, 0.15) is 63.4 Å². The van der Waals surface area contributed by atoms with Gasteiger partial charge in [-0.05, 0) is 25.2 Å². The van der Waals surface area contributed by atoms with Crippen LogP contribution in [0.2, 0.25) is 0 Å². The van der Waals surface area contributed by atoms with Crippen LogP contribution >= 0.6 is 0 Å². The fourth-order valence-corrected chi connectivity index (χ4v) is 2.50. The van der Waals surface area contributed by atoms with Crippen molar-refractivity contribution in [1.29, 1.82) is 0 Å². The summed E-state index contributed by atoms with van der Waals surface area (Å²) >= 11 is 0. The molecule has 3 nitrogen and oxygen atoms in total. The first-order valence-electron chi connectivity index (χ1n) is 6.75. The zero-order valence-electron chi connectivity index (χ0n) is 10.8. The van der Waals surface area contributed by atoms with Gasteiger partial charge in [-0.15, -0.1) is 0 Å². The molecule has 1 heterocycles. The predicted octanol–water partition coefficient (Wildman–Crippen LogP) is 3.02. The topological polar surface area (TPSA) is 45.8 Å². The number of hydrogen-bond donors (Lipinski definition) is 1. The van der Waals surface area contributed by atoms with Crippen LogP contribution in [0.4, 0.5) is 0 Å². The Labute approximate surface area is 103 Å². The summed E-state index contributed by atoms with van der Waals surface area (Å²) in [5.74, 6) is 2.04. The Balaban J connectivity index is 2.14. The second-order valence-electron chi connectivity index (χ2n) is 5.53. The second kappa shape index (κ2) is 5.48. The summed E-state index contributed by atoms with van der Waals surface area (Å²) in [6.45, 7) is 4.39. The number of nitrogens with zero attached hydrogens (tertiary/aromatic N) is 1. The van der Waals surface area contributed by atoms with Gasteiger partial charge in [-0.2, -0.15) is 0 Å². The Bertz CT molecular complexity index is 416. The summed E-state index contributed by atoms with van der Waals surface area (Å²) in [5, 5.41) is 0. The quantitative estimate of drug-likeness (QED) is 0.870. The van der Waals surface area contributed by atoms with Gasteiger partial charge in [-0.3, -0.25) is 4.79 Å². The van der Waals surface area contributed by atoms with E-state index in [4.69, 9.17) is 0 Å².